The average molecular weight is 338 g/mol. The van der Waals surface area contributed by atoms with Crippen LogP contribution in [0.5, 0.6) is 0 Å². The van der Waals surface area contributed by atoms with Crippen LogP contribution in [0.3, 0.4) is 0 Å². The smallest absolute Gasteiger partial charge is 0.142 e. The number of thioether (sulfide) groups is 1. The molecule has 0 bridgehead atoms. The lowest BCUT2D eigenvalue weighted by Gasteiger charge is -2.42. The van der Waals surface area contributed by atoms with E-state index < -0.39 is 0 Å². The number of nitrogens with one attached hydrogen (secondary N) is 3. The van der Waals surface area contributed by atoms with Gasteiger partial charge >= 0.3 is 0 Å². The standard InChI is InChI=1S/C19H22N4S/c1-2-6-15(7-3-1)14-20-23-18-19(10-12-24-13-11-19)22-17-9-5-4-8-16(17)21-18/h1-9,20,22H,10-14H2,(H,21,23). The molecule has 2 heterocycles. The molecule has 4 rings (SSSR count). The van der Waals surface area contributed by atoms with E-state index in [0.717, 1.165) is 48.1 Å². The van der Waals surface area contributed by atoms with Crippen molar-refractivity contribution in [2.45, 2.75) is 24.9 Å². The molecule has 0 atom stereocenters. The van der Waals surface area contributed by atoms with Crippen molar-refractivity contribution in [1.82, 2.24) is 10.9 Å². The number of hydrogen-bond acceptors (Lipinski definition) is 5. The van der Waals surface area contributed by atoms with Crippen LogP contribution < -0.4 is 16.2 Å². The van der Waals surface area contributed by atoms with E-state index in [2.05, 4.69) is 58.6 Å². The zero-order chi connectivity index (χ0) is 16.2. The monoisotopic (exact) mass is 338 g/mol. The van der Waals surface area contributed by atoms with E-state index in [9.17, 15) is 0 Å². The normalized spacial score (nSPS) is 18.4. The molecule has 0 saturated carbocycles. The summed E-state index contributed by atoms with van der Waals surface area (Å²) in [7, 11) is 0. The van der Waals surface area contributed by atoms with Gasteiger partial charge in [-0.15, -0.1) is 0 Å². The minimum absolute atomic E-state index is 0.0801. The zero-order valence-electron chi connectivity index (χ0n) is 13.6. The van der Waals surface area contributed by atoms with Crippen molar-refractivity contribution < 1.29 is 0 Å². The maximum Gasteiger partial charge on any atom is 0.142 e. The van der Waals surface area contributed by atoms with E-state index in [1.165, 1.54) is 5.56 Å². The number of amidine groups is 1. The highest BCUT2D eigenvalue weighted by atomic mass is 32.2. The molecule has 0 amide bonds. The molecule has 2 aromatic rings. The summed E-state index contributed by atoms with van der Waals surface area (Å²) in [6, 6.07) is 18.7. The van der Waals surface area contributed by atoms with E-state index in [-0.39, 0.29) is 5.54 Å². The van der Waals surface area contributed by atoms with Gasteiger partial charge in [0.2, 0.25) is 0 Å². The van der Waals surface area contributed by atoms with Crippen LogP contribution in [0.25, 0.3) is 0 Å². The lowest BCUT2D eigenvalue weighted by atomic mass is 9.88. The van der Waals surface area contributed by atoms with Gasteiger partial charge in [0.1, 0.15) is 5.84 Å². The molecule has 3 N–H and O–H groups in total. The molecule has 2 aliphatic heterocycles. The molecule has 0 unspecified atom stereocenters. The average Bonchev–Trinajstić information content (AvgIpc) is 2.64. The third kappa shape index (κ3) is 3.14. The van der Waals surface area contributed by atoms with Crippen molar-refractivity contribution >= 4 is 29.0 Å². The van der Waals surface area contributed by atoms with E-state index in [4.69, 9.17) is 4.99 Å². The molecule has 2 aromatic carbocycles. The Hall–Kier alpha value is -1.98. The number of hydrazine groups is 1. The summed E-state index contributed by atoms with van der Waals surface area (Å²) in [6.07, 6.45) is 2.18. The summed E-state index contributed by atoms with van der Waals surface area (Å²) in [5.41, 5.74) is 10.1. The fraction of sp³-hybridized carbons (Fsp3) is 0.316. The minimum Gasteiger partial charge on any atom is -0.371 e. The summed E-state index contributed by atoms with van der Waals surface area (Å²) in [6.45, 7) is 0.770. The molecule has 0 aliphatic carbocycles. The minimum atomic E-state index is -0.0801. The first-order valence-electron chi connectivity index (χ1n) is 8.43. The second-order valence-corrected chi connectivity index (χ2v) is 7.49. The Morgan fingerprint density at radius 1 is 1.00 bits per heavy atom. The Labute approximate surface area is 147 Å². The van der Waals surface area contributed by atoms with Gasteiger partial charge in [-0.2, -0.15) is 11.8 Å². The third-order valence-electron chi connectivity index (χ3n) is 4.65. The molecule has 124 valence electrons. The van der Waals surface area contributed by atoms with Gasteiger partial charge in [-0.1, -0.05) is 42.5 Å². The Balaban J connectivity index is 1.54. The van der Waals surface area contributed by atoms with Crippen molar-refractivity contribution in [3.05, 3.63) is 60.2 Å². The zero-order valence-corrected chi connectivity index (χ0v) is 14.4. The van der Waals surface area contributed by atoms with Gasteiger partial charge in [0.15, 0.2) is 0 Å². The van der Waals surface area contributed by atoms with Gasteiger partial charge in [0, 0.05) is 6.54 Å². The van der Waals surface area contributed by atoms with Gasteiger partial charge < -0.3 is 10.7 Å². The summed E-state index contributed by atoms with van der Waals surface area (Å²) in [4.78, 5) is 4.92. The first-order valence-corrected chi connectivity index (χ1v) is 9.58. The Morgan fingerprint density at radius 2 is 1.75 bits per heavy atom. The largest absolute Gasteiger partial charge is 0.371 e. The fourth-order valence-electron chi connectivity index (χ4n) is 3.28. The van der Waals surface area contributed by atoms with Gasteiger partial charge in [0.25, 0.3) is 0 Å². The molecule has 2 aliphatic rings. The van der Waals surface area contributed by atoms with E-state index in [0.29, 0.717) is 0 Å². The second kappa shape index (κ2) is 6.87. The van der Waals surface area contributed by atoms with Crippen LogP contribution in [0.4, 0.5) is 11.4 Å². The van der Waals surface area contributed by atoms with E-state index in [1.54, 1.807) is 0 Å². The molecule has 5 heteroatoms. The van der Waals surface area contributed by atoms with Crippen molar-refractivity contribution in [2.24, 2.45) is 4.99 Å². The molecule has 1 saturated heterocycles. The first kappa shape index (κ1) is 15.5. The lowest BCUT2D eigenvalue weighted by Crippen LogP contribution is -2.58. The Morgan fingerprint density at radius 3 is 2.58 bits per heavy atom. The van der Waals surface area contributed by atoms with Crippen molar-refractivity contribution in [3.8, 4) is 0 Å². The number of aliphatic imine (C=N–C) groups is 1. The van der Waals surface area contributed by atoms with Crippen molar-refractivity contribution in [3.63, 3.8) is 0 Å². The molecule has 24 heavy (non-hydrogen) atoms. The third-order valence-corrected chi connectivity index (χ3v) is 5.64. The summed E-state index contributed by atoms with van der Waals surface area (Å²) in [5, 5.41) is 3.76. The first-order chi connectivity index (χ1) is 11.9. The highest BCUT2D eigenvalue weighted by Crippen LogP contribution is 2.39. The van der Waals surface area contributed by atoms with Crippen LogP contribution in [0.15, 0.2) is 59.6 Å². The molecule has 1 spiro atoms. The van der Waals surface area contributed by atoms with E-state index >= 15 is 0 Å². The van der Waals surface area contributed by atoms with Crippen LogP contribution in [0.1, 0.15) is 18.4 Å². The molecule has 1 fully saturated rings. The van der Waals surface area contributed by atoms with Gasteiger partial charge in [-0.25, -0.2) is 10.4 Å². The topological polar surface area (TPSA) is 48.5 Å². The summed E-state index contributed by atoms with van der Waals surface area (Å²) < 4.78 is 0. The SMILES string of the molecule is c1ccc(CNNC2=Nc3ccccc3NC23CCSCC3)cc1. The van der Waals surface area contributed by atoms with Gasteiger partial charge in [-0.3, -0.25) is 0 Å². The Kier molecular flexibility index (Phi) is 4.45. The van der Waals surface area contributed by atoms with Crippen LogP contribution in [0.2, 0.25) is 0 Å². The predicted octanol–water partition coefficient (Wildman–Crippen LogP) is 3.70. The van der Waals surface area contributed by atoms with Gasteiger partial charge in [0.05, 0.1) is 16.9 Å². The molecule has 0 aromatic heterocycles. The number of anilines is 1. The fourth-order valence-corrected chi connectivity index (χ4v) is 4.47. The number of para-hydroxylation sites is 2. The number of rotatable bonds is 3. The maximum atomic E-state index is 4.92. The highest BCUT2D eigenvalue weighted by molar-refractivity contribution is 7.99. The second-order valence-electron chi connectivity index (χ2n) is 6.26. The number of nitrogens with zero attached hydrogens (tertiary/aromatic N) is 1. The summed E-state index contributed by atoms with van der Waals surface area (Å²) in [5.74, 6) is 3.33. The quantitative estimate of drug-likeness (QED) is 0.747. The Bertz CT molecular complexity index is 723. The van der Waals surface area contributed by atoms with Crippen LogP contribution in [0, 0.1) is 0 Å². The molecule has 4 nitrogen and oxygen atoms in total. The predicted molar refractivity (Wildman–Crippen MR) is 103 cm³/mol. The number of fused-ring (bicyclic) bond motifs is 1. The summed E-state index contributed by atoms with van der Waals surface area (Å²) >= 11 is 2.02. The molecule has 0 radical (unpaired) electrons. The van der Waals surface area contributed by atoms with Crippen LogP contribution in [-0.4, -0.2) is 22.9 Å². The van der Waals surface area contributed by atoms with Crippen LogP contribution >= 0.6 is 11.8 Å². The highest BCUT2D eigenvalue weighted by Gasteiger charge is 2.40. The molecular formula is C19H22N4S. The maximum absolute atomic E-state index is 4.92. The van der Waals surface area contributed by atoms with Crippen molar-refractivity contribution in [1.29, 1.82) is 0 Å². The van der Waals surface area contributed by atoms with Crippen LogP contribution in [-0.2, 0) is 6.54 Å². The number of benzene rings is 2. The van der Waals surface area contributed by atoms with E-state index in [1.807, 2.05) is 23.9 Å². The molecular weight excluding hydrogens is 316 g/mol. The lowest BCUT2D eigenvalue weighted by molar-refractivity contribution is 0.521. The number of hydrogen-bond donors (Lipinski definition) is 3. The van der Waals surface area contributed by atoms with Crippen molar-refractivity contribution in [2.75, 3.05) is 16.8 Å². The van der Waals surface area contributed by atoms with Gasteiger partial charge in [-0.05, 0) is 42.0 Å².